The Labute approximate surface area is 60.9 Å². The first-order valence-corrected chi connectivity index (χ1v) is 2.76. The van der Waals surface area contributed by atoms with Gasteiger partial charge >= 0.3 is 7.25 Å². The van der Waals surface area contributed by atoms with E-state index in [4.69, 9.17) is 0 Å². The molecule has 0 saturated carbocycles. The smallest absolute Gasteiger partial charge is 0.418 e. The molecule has 0 aliphatic rings. The molecule has 7 heteroatoms. The molecule has 0 radical (unpaired) electrons. The van der Waals surface area contributed by atoms with Crippen LogP contribution in [0.1, 0.15) is 0 Å². The monoisotopic (exact) mass is 170 g/mol. The van der Waals surface area contributed by atoms with Crippen molar-refractivity contribution in [3.63, 3.8) is 0 Å². The Morgan fingerprint density at radius 2 is 1.73 bits per heavy atom. The topological polar surface area (TPSA) is 19.7 Å². The lowest BCUT2D eigenvalue weighted by molar-refractivity contribution is -0.726. The first kappa shape index (κ1) is 9.99. The lowest BCUT2D eigenvalue weighted by Gasteiger charge is -1.94. The molecule has 1 aromatic heterocycles. The molecule has 1 aromatic rings. The highest BCUT2D eigenvalue weighted by Crippen LogP contribution is 2.06. The van der Waals surface area contributed by atoms with Crippen LogP contribution in [0.25, 0.3) is 0 Å². The third kappa shape index (κ3) is 12.2. The lowest BCUT2D eigenvalue weighted by atomic mass is 10.3. The summed E-state index contributed by atoms with van der Waals surface area (Å²) >= 11 is 0. The molecule has 1 heterocycles. The van der Waals surface area contributed by atoms with Gasteiger partial charge in [-0.3, -0.25) is 0 Å². The van der Waals surface area contributed by atoms with E-state index >= 15 is 0 Å². The van der Waals surface area contributed by atoms with Crippen molar-refractivity contribution >= 4 is 7.25 Å². The van der Waals surface area contributed by atoms with Crippen molar-refractivity contribution in [3.05, 3.63) is 18.5 Å². The zero-order valence-corrected chi connectivity index (χ0v) is 5.77. The van der Waals surface area contributed by atoms with Gasteiger partial charge in [0.2, 0.25) is 0 Å². The highest BCUT2D eigenvalue weighted by atomic mass is 19.5. The molecule has 0 saturated heterocycles. The fourth-order valence-electron chi connectivity index (χ4n) is 0.376. The van der Waals surface area contributed by atoms with E-state index < -0.39 is 7.25 Å². The number of hydrogen-bond donors (Lipinski definition) is 1. The van der Waals surface area contributed by atoms with E-state index in [0.717, 1.165) is 0 Å². The van der Waals surface area contributed by atoms with Gasteiger partial charge in [-0.05, 0) is 0 Å². The number of hydrogen-bond acceptors (Lipinski definition) is 0. The Kier molecular flexibility index (Phi) is 3.63. The summed E-state index contributed by atoms with van der Waals surface area (Å²) in [6.07, 6.45) is 3.82. The number of aryl methyl sites for hydroxylation is 1. The minimum atomic E-state index is -6.00. The third-order valence-electron chi connectivity index (χ3n) is 0.684. The van der Waals surface area contributed by atoms with E-state index in [1.165, 1.54) is 0 Å². The van der Waals surface area contributed by atoms with Crippen molar-refractivity contribution in [2.75, 3.05) is 0 Å². The normalized spacial score (nSPS) is 10.3. The van der Waals surface area contributed by atoms with Crippen LogP contribution in [-0.4, -0.2) is 12.4 Å². The van der Waals surface area contributed by atoms with Crippen molar-refractivity contribution in [2.24, 2.45) is 7.05 Å². The Bertz CT molecular complexity index is 176. The second-order valence-electron chi connectivity index (χ2n) is 1.74. The molecule has 0 unspecified atom stereocenters. The Morgan fingerprint density at radius 3 is 1.82 bits per heavy atom. The summed E-state index contributed by atoms with van der Waals surface area (Å²) in [6.45, 7) is 0. The predicted octanol–water partition coefficient (Wildman–Crippen LogP) is 1.14. The molecule has 0 amide bonds. The van der Waals surface area contributed by atoms with E-state index in [2.05, 4.69) is 5.10 Å². The first-order chi connectivity index (χ1) is 4.89. The van der Waals surface area contributed by atoms with Crippen LogP contribution in [0, 0.1) is 0 Å². The summed E-state index contributed by atoms with van der Waals surface area (Å²) in [7, 11) is -4.06. The minimum Gasteiger partial charge on any atom is -0.418 e. The molecule has 1 rings (SSSR count). The molecule has 11 heavy (non-hydrogen) atoms. The Morgan fingerprint density at radius 1 is 1.27 bits per heavy atom. The average Bonchev–Trinajstić information content (AvgIpc) is 2.12. The van der Waals surface area contributed by atoms with Gasteiger partial charge in [0, 0.05) is 6.07 Å². The summed E-state index contributed by atoms with van der Waals surface area (Å²) < 4.78 is 40.9. The standard InChI is InChI=1S/C4H6N2.BF4/c1-6-4-2-3-5-6;2-1(3,4)5/h2-4H,1H3;/q;-1/p+1. The molecule has 1 N–H and O–H groups in total. The second kappa shape index (κ2) is 4.00. The average molecular weight is 170 g/mol. The molecule has 0 aliphatic carbocycles. The fourth-order valence-corrected chi connectivity index (χ4v) is 0.376. The summed E-state index contributed by atoms with van der Waals surface area (Å²) in [5.74, 6) is 0. The summed E-state index contributed by atoms with van der Waals surface area (Å²) in [4.78, 5) is 0. The van der Waals surface area contributed by atoms with Gasteiger partial charge < -0.3 is 17.3 Å². The zero-order chi connectivity index (χ0) is 8.91. The van der Waals surface area contributed by atoms with Crippen LogP contribution in [0.5, 0.6) is 0 Å². The predicted molar refractivity (Wildman–Crippen MR) is 32.2 cm³/mol. The largest absolute Gasteiger partial charge is 0.673 e. The van der Waals surface area contributed by atoms with Crippen LogP contribution in [-0.2, 0) is 7.05 Å². The summed E-state index contributed by atoms with van der Waals surface area (Å²) in [6, 6.07) is 1.94. The van der Waals surface area contributed by atoms with Gasteiger partial charge in [0.25, 0.3) is 0 Å². The van der Waals surface area contributed by atoms with Crippen molar-refractivity contribution in [2.45, 2.75) is 0 Å². The van der Waals surface area contributed by atoms with E-state index in [1.54, 1.807) is 0 Å². The van der Waals surface area contributed by atoms with Crippen LogP contribution in [0.15, 0.2) is 18.5 Å². The van der Waals surface area contributed by atoms with Gasteiger partial charge in [0.05, 0.1) is 6.20 Å². The van der Waals surface area contributed by atoms with Crippen LogP contribution >= 0.6 is 0 Å². The summed E-state index contributed by atoms with van der Waals surface area (Å²) in [5.41, 5.74) is 0. The van der Waals surface area contributed by atoms with Crippen LogP contribution < -0.4 is 4.68 Å². The van der Waals surface area contributed by atoms with Gasteiger partial charge in [-0.1, -0.05) is 0 Å². The SMILES string of the molecule is C[n+]1ccc[nH]1.F[B-](F)(F)F. The molecular formula is C4H7BF4N2. The molecule has 0 aliphatic heterocycles. The molecule has 64 valence electrons. The van der Waals surface area contributed by atoms with Gasteiger partial charge in [0.15, 0.2) is 13.2 Å². The summed E-state index contributed by atoms with van der Waals surface area (Å²) in [5, 5.41) is 2.92. The molecule has 0 fully saturated rings. The van der Waals surface area contributed by atoms with Crippen LogP contribution in [0.2, 0.25) is 0 Å². The van der Waals surface area contributed by atoms with E-state index in [1.807, 2.05) is 30.2 Å². The zero-order valence-electron chi connectivity index (χ0n) is 5.77. The maximum atomic E-state index is 9.75. The number of rotatable bonds is 0. The molecule has 0 spiro atoms. The van der Waals surface area contributed by atoms with Crippen LogP contribution in [0.3, 0.4) is 0 Å². The molecule has 0 atom stereocenters. The number of nitrogens with one attached hydrogen (secondary N) is 1. The van der Waals surface area contributed by atoms with E-state index in [-0.39, 0.29) is 0 Å². The maximum Gasteiger partial charge on any atom is 0.673 e. The number of H-pyrrole nitrogens is 1. The maximum absolute atomic E-state index is 9.75. The highest BCUT2D eigenvalue weighted by Gasteiger charge is 2.20. The number of halogens is 4. The lowest BCUT2D eigenvalue weighted by Crippen LogP contribution is -2.27. The number of aromatic amines is 1. The van der Waals surface area contributed by atoms with Gasteiger partial charge in [-0.25, -0.2) is 0 Å². The number of aromatic nitrogens is 2. The fraction of sp³-hybridized carbons (Fsp3) is 0.250. The quantitative estimate of drug-likeness (QED) is 0.342. The van der Waals surface area contributed by atoms with Crippen molar-refractivity contribution in [1.82, 2.24) is 5.10 Å². The second-order valence-corrected chi connectivity index (χ2v) is 1.74. The Balaban J connectivity index is 0.000000187. The van der Waals surface area contributed by atoms with E-state index in [0.29, 0.717) is 0 Å². The van der Waals surface area contributed by atoms with Gasteiger partial charge in [-0.15, -0.1) is 4.68 Å². The van der Waals surface area contributed by atoms with Crippen molar-refractivity contribution < 1.29 is 21.9 Å². The molecule has 0 aromatic carbocycles. The highest BCUT2D eigenvalue weighted by molar-refractivity contribution is 6.50. The van der Waals surface area contributed by atoms with Crippen molar-refractivity contribution in [1.29, 1.82) is 0 Å². The van der Waals surface area contributed by atoms with Crippen LogP contribution in [0.4, 0.5) is 17.3 Å². The molecule has 0 bridgehead atoms. The third-order valence-corrected chi connectivity index (χ3v) is 0.684. The van der Waals surface area contributed by atoms with E-state index in [9.17, 15) is 17.3 Å². The molecule has 2 nitrogen and oxygen atoms in total. The first-order valence-electron chi connectivity index (χ1n) is 2.76. The minimum absolute atomic E-state index is 1.88. The molecular weight excluding hydrogens is 163 g/mol. The van der Waals surface area contributed by atoms with Gasteiger partial charge in [-0.2, -0.15) is 5.10 Å². The van der Waals surface area contributed by atoms with Gasteiger partial charge in [0.1, 0.15) is 0 Å². The number of nitrogens with zero attached hydrogens (tertiary/aromatic N) is 1. The van der Waals surface area contributed by atoms with Crippen molar-refractivity contribution in [3.8, 4) is 0 Å². The Hall–Kier alpha value is -1.01.